The van der Waals surface area contributed by atoms with Crippen LogP contribution < -0.4 is 10.1 Å². The van der Waals surface area contributed by atoms with Crippen molar-refractivity contribution >= 4 is 11.6 Å². The SMILES string of the molecule is CNC(C)c1ccc(Oc2cccnc2C)c(Cl)c1. The first kappa shape index (κ1) is 13.8. The van der Waals surface area contributed by atoms with Crippen molar-refractivity contribution in [1.29, 1.82) is 0 Å². The summed E-state index contributed by atoms with van der Waals surface area (Å²) in [6, 6.07) is 9.79. The van der Waals surface area contributed by atoms with Gasteiger partial charge in [0.15, 0.2) is 0 Å². The third-order valence-corrected chi connectivity index (χ3v) is 3.36. The average molecular weight is 277 g/mol. The molecule has 0 saturated heterocycles. The fraction of sp³-hybridized carbons (Fsp3) is 0.267. The topological polar surface area (TPSA) is 34.1 Å². The van der Waals surface area contributed by atoms with Gasteiger partial charge in [-0.25, -0.2) is 0 Å². The largest absolute Gasteiger partial charge is 0.454 e. The van der Waals surface area contributed by atoms with Gasteiger partial charge >= 0.3 is 0 Å². The summed E-state index contributed by atoms with van der Waals surface area (Å²) in [5.41, 5.74) is 1.97. The predicted octanol–water partition coefficient (Wildman–Crippen LogP) is 4.12. The van der Waals surface area contributed by atoms with Gasteiger partial charge in [0.05, 0.1) is 10.7 Å². The third kappa shape index (κ3) is 3.25. The molecule has 1 atom stereocenters. The van der Waals surface area contributed by atoms with Crippen LogP contribution in [-0.4, -0.2) is 12.0 Å². The quantitative estimate of drug-likeness (QED) is 0.912. The summed E-state index contributed by atoms with van der Waals surface area (Å²) in [4.78, 5) is 4.19. The number of nitrogens with one attached hydrogen (secondary N) is 1. The van der Waals surface area contributed by atoms with Gasteiger partial charge in [-0.2, -0.15) is 0 Å². The normalized spacial score (nSPS) is 12.2. The van der Waals surface area contributed by atoms with E-state index >= 15 is 0 Å². The molecule has 3 nitrogen and oxygen atoms in total. The Balaban J connectivity index is 2.25. The molecule has 4 heteroatoms. The second-order valence-corrected chi connectivity index (χ2v) is 4.80. The average Bonchev–Trinajstić information content (AvgIpc) is 2.42. The molecule has 2 aromatic rings. The molecule has 100 valence electrons. The van der Waals surface area contributed by atoms with Crippen molar-refractivity contribution < 1.29 is 4.74 Å². The zero-order chi connectivity index (χ0) is 13.8. The summed E-state index contributed by atoms with van der Waals surface area (Å²) in [7, 11) is 1.92. The smallest absolute Gasteiger partial charge is 0.148 e. The maximum absolute atomic E-state index is 6.26. The Kier molecular flexibility index (Phi) is 4.40. The van der Waals surface area contributed by atoms with Crippen molar-refractivity contribution in [2.45, 2.75) is 19.9 Å². The fourth-order valence-electron chi connectivity index (χ4n) is 1.73. The van der Waals surface area contributed by atoms with Crippen LogP contribution in [0, 0.1) is 6.92 Å². The highest BCUT2D eigenvalue weighted by molar-refractivity contribution is 6.32. The Hall–Kier alpha value is -1.58. The Morgan fingerprint density at radius 1 is 1.26 bits per heavy atom. The van der Waals surface area contributed by atoms with Gasteiger partial charge in [0.25, 0.3) is 0 Å². The van der Waals surface area contributed by atoms with Crippen LogP contribution in [0.4, 0.5) is 0 Å². The van der Waals surface area contributed by atoms with Gasteiger partial charge in [-0.3, -0.25) is 4.98 Å². The van der Waals surface area contributed by atoms with Crippen molar-refractivity contribution in [2.75, 3.05) is 7.05 Å². The highest BCUT2D eigenvalue weighted by Crippen LogP contribution is 2.32. The van der Waals surface area contributed by atoms with Crippen LogP contribution >= 0.6 is 11.6 Å². The molecule has 0 amide bonds. The molecule has 1 heterocycles. The molecule has 1 aromatic heterocycles. The first-order chi connectivity index (χ1) is 9.11. The maximum atomic E-state index is 6.26. The molecule has 1 N–H and O–H groups in total. The van der Waals surface area contributed by atoms with E-state index in [4.69, 9.17) is 16.3 Å². The number of nitrogens with zero attached hydrogens (tertiary/aromatic N) is 1. The van der Waals surface area contributed by atoms with Crippen molar-refractivity contribution in [3.63, 3.8) is 0 Å². The lowest BCUT2D eigenvalue weighted by Crippen LogP contribution is -2.12. The second-order valence-electron chi connectivity index (χ2n) is 4.39. The number of aryl methyl sites for hydroxylation is 1. The summed E-state index contributed by atoms with van der Waals surface area (Å²) in [5, 5.41) is 3.78. The molecular weight excluding hydrogens is 260 g/mol. The number of halogens is 1. The van der Waals surface area contributed by atoms with Gasteiger partial charge in [0.2, 0.25) is 0 Å². The fourth-order valence-corrected chi connectivity index (χ4v) is 1.96. The van der Waals surface area contributed by atoms with Crippen molar-refractivity contribution in [3.05, 3.63) is 52.8 Å². The van der Waals surface area contributed by atoms with Gasteiger partial charge in [-0.15, -0.1) is 0 Å². The molecule has 1 aromatic carbocycles. The first-order valence-corrected chi connectivity index (χ1v) is 6.56. The van der Waals surface area contributed by atoms with Gasteiger partial charge in [0, 0.05) is 12.2 Å². The predicted molar refractivity (Wildman–Crippen MR) is 78.0 cm³/mol. The third-order valence-electron chi connectivity index (χ3n) is 3.07. The van der Waals surface area contributed by atoms with E-state index in [0.717, 1.165) is 17.0 Å². The molecule has 0 fully saturated rings. The number of benzene rings is 1. The number of aromatic nitrogens is 1. The molecule has 0 aliphatic heterocycles. The molecule has 0 aliphatic carbocycles. The number of hydrogen-bond donors (Lipinski definition) is 1. The molecule has 0 aliphatic rings. The van der Waals surface area contributed by atoms with E-state index in [9.17, 15) is 0 Å². The van der Waals surface area contributed by atoms with E-state index in [2.05, 4.69) is 17.2 Å². The molecule has 0 saturated carbocycles. The van der Waals surface area contributed by atoms with Crippen LogP contribution in [0.25, 0.3) is 0 Å². The van der Waals surface area contributed by atoms with E-state index < -0.39 is 0 Å². The zero-order valence-corrected chi connectivity index (χ0v) is 12.0. The van der Waals surface area contributed by atoms with E-state index in [0.29, 0.717) is 10.8 Å². The Labute approximate surface area is 118 Å². The minimum absolute atomic E-state index is 0.256. The van der Waals surface area contributed by atoms with E-state index in [1.54, 1.807) is 6.20 Å². The van der Waals surface area contributed by atoms with Crippen LogP contribution in [0.2, 0.25) is 5.02 Å². The minimum Gasteiger partial charge on any atom is -0.454 e. The number of rotatable bonds is 4. The zero-order valence-electron chi connectivity index (χ0n) is 11.3. The van der Waals surface area contributed by atoms with Gasteiger partial charge in [-0.05, 0) is 50.7 Å². The van der Waals surface area contributed by atoms with Crippen LogP contribution in [0.5, 0.6) is 11.5 Å². The van der Waals surface area contributed by atoms with E-state index in [1.165, 1.54) is 0 Å². The van der Waals surface area contributed by atoms with Crippen LogP contribution in [-0.2, 0) is 0 Å². The molecule has 0 bridgehead atoms. The molecular formula is C15H17ClN2O. The summed E-state index contributed by atoms with van der Waals surface area (Å²) in [5.74, 6) is 1.36. The lowest BCUT2D eigenvalue weighted by molar-refractivity contribution is 0.475. The van der Waals surface area contributed by atoms with Crippen LogP contribution in [0.1, 0.15) is 24.2 Å². The molecule has 2 rings (SSSR count). The van der Waals surface area contributed by atoms with E-state index in [-0.39, 0.29) is 6.04 Å². The highest BCUT2D eigenvalue weighted by Gasteiger charge is 2.09. The van der Waals surface area contributed by atoms with Crippen LogP contribution in [0.3, 0.4) is 0 Å². The minimum atomic E-state index is 0.256. The summed E-state index contributed by atoms with van der Waals surface area (Å²) in [6.07, 6.45) is 1.74. The summed E-state index contributed by atoms with van der Waals surface area (Å²) >= 11 is 6.26. The monoisotopic (exact) mass is 276 g/mol. The Bertz CT molecular complexity index is 572. The Morgan fingerprint density at radius 2 is 2.05 bits per heavy atom. The van der Waals surface area contributed by atoms with Gasteiger partial charge in [-0.1, -0.05) is 17.7 Å². The molecule has 19 heavy (non-hydrogen) atoms. The number of ether oxygens (including phenoxy) is 1. The molecule has 1 unspecified atom stereocenters. The lowest BCUT2D eigenvalue weighted by atomic mass is 10.1. The van der Waals surface area contributed by atoms with Gasteiger partial charge < -0.3 is 10.1 Å². The molecule has 0 spiro atoms. The van der Waals surface area contributed by atoms with Crippen molar-refractivity contribution in [1.82, 2.24) is 10.3 Å². The summed E-state index contributed by atoms with van der Waals surface area (Å²) in [6.45, 7) is 3.98. The van der Waals surface area contributed by atoms with Crippen LogP contribution in [0.15, 0.2) is 36.5 Å². The first-order valence-electron chi connectivity index (χ1n) is 6.18. The van der Waals surface area contributed by atoms with Crippen molar-refractivity contribution in [2.24, 2.45) is 0 Å². The highest BCUT2D eigenvalue weighted by atomic mass is 35.5. The number of hydrogen-bond acceptors (Lipinski definition) is 3. The lowest BCUT2D eigenvalue weighted by Gasteiger charge is -2.14. The van der Waals surface area contributed by atoms with E-state index in [1.807, 2.05) is 44.3 Å². The standard InChI is InChI=1S/C15H17ClN2O/c1-10(17-3)12-6-7-15(13(16)9-12)19-14-5-4-8-18-11(14)2/h4-10,17H,1-3H3. The maximum Gasteiger partial charge on any atom is 0.148 e. The second kappa shape index (κ2) is 6.04. The molecule has 0 radical (unpaired) electrons. The summed E-state index contributed by atoms with van der Waals surface area (Å²) < 4.78 is 5.79. The van der Waals surface area contributed by atoms with Gasteiger partial charge in [0.1, 0.15) is 11.5 Å². The number of pyridine rings is 1. The Morgan fingerprint density at radius 3 is 2.68 bits per heavy atom. The van der Waals surface area contributed by atoms with Crippen molar-refractivity contribution in [3.8, 4) is 11.5 Å².